The highest BCUT2D eigenvalue weighted by molar-refractivity contribution is 5.58. The third-order valence-corrected chi connectivity index (χ3v) is 3.54. The van der Waals surface area contributed by atoms with Gasteiger partial charge in [0.1, 0.15) is 11.5 Å². The maximum atomic E-state index is 5.45. The van der Waals surface area contributed by atoms with E-state index in [4.69, 9.17) is 9.47 Å². The first kappa shape index (κ1) is 16.2. The van der Waals surface area contributed by atoms with E-state index in [0.29, 0.717) is 0 Å². The third kappa shape index (κ3) is 4.15. The molecule has 0 spiro atoms. The van der Waals surface area contributed by atoms with E-state index in [2.05, 4.69) is 35.6 Å². The van der Waals surface area contributed by atoms with Gasteiger partial charge in [0.05, 0.1) is 19.9 Å². The zero-order valence-corrected chi connectivity index (χ0v) is 13.7. The Morgan fingerprint density at radius 1 is 0.864 bits per heavy atom. The number of nitrogens with zero attached hydrogens (tertiary/aromatic N) is 1. The largest absolute Gasteiger partial charge is 0.497 e. The van der Waals surface area contributed by atoms with Crippen LogP contribution in [0.25, 0.3) is 0 Å². The van der Waals surface area contributed by atoms with Gasteiger partial charge >= 0.3 is 0 Å². The second-order valence-electron chi connectivity index (χ2n) is 5.35. The van der Waals surface area contributed by atoms with Crippen molar-refractivity contribution in [3.8, 4) is 11.5 Å². The molecule has 0 saturated heterocycles. The van der Waals surface area contributed by atoms with Crippen molar-refractivity contribution in [1.29, 1.82) is 0 Å². The van der Waals surface area contributed by atoms with Crippen LogP contribution < -0.4 is 19.7 Å². The van der Waals surface area contributed by atoms with Crippen LogP contribution in [0.4, 0.5) is 5.69 Å². The first-order valence-corrected chi connectivity index (χ1v) is 7.32. The second-order valence-corrected chi connectivity index (χ2v) is 5.35. The molecule has 1 N–H and O–H groups in total. The Balaban J connectivity index is 1.93. The zero-order chi connectivity index (χ0) is 15.9. The van der Waals surface area contributed by atoms with E-state index in [1.54, 1.807) is 14.2 Å². The number of ether oxygens (including phenoxy) is 2. The van der Waals surface area contributed by atoms with Gasteiger partial charge in [0.2, 0.25) is 0 Å². The van der Waals surface area contributed by atoms with E-state index in [1.165, 1.54) is 11.1 Å². The molecule has 0 aromatic heterocycles. The molecular weight excluding hydrogens is 276 g/mol. The lowest BCUT2D eigenvalue weighted by Gasteiger charge is -2.17. The van der Waals surface area contributed by atoms with Gasteiger partial charge in [-0.1, -0.05) is 18.2 Å². The summed E-state index contributed by atoms with van der Waals surface area (Å²) in [7, 11) is 7.41. The molecule has 22 heavy (non-hydrogen) atoms. The fraction of sp³-hybridized carbons (Fsp3) is 0.333. The Hall–Kier alpha value is -2.20. The summed E-state index contributed by atoms with van der Waals surface area (Å²) >= 11 is 0. The number of rotatable bonds is 7. The third-order valence-electron chi connectivity index (χ3n) is 3.54. The fourth-order valence-electron chi connectivity index (χ4n) is 2.30. The SMILES string of the molecule is COc1ccc(CNCc2ccc(N(C)C)c(OC)c2)cc1. The maximum absolute atomic E-state index is 5.45. The van der Waals surface area contributed by atoms with Crippen LogP contribution in [0.5, 0.6) is 11.5 Å². The molecule has 0 unspecified atom stereocenters. The zero-order valence-electron chi connectivity index (χ0n) is 13.7. The van der Waals surface area contributed by atoms with Crippen molar-refractivity contribution >= 4 is 5.69 Å². The van der Waals surface area contributed by atoms with Crippen molar-refractivity contribution in [1.82, 2.24) is 5.32 Å². The molecule has 0 heterocycles. The lowest BCUT2D eigenvalue weighted by Crippen LogP contribution is -2.14. The average molecular weight is 300 g/mol. The van der Waals surface area contributed by atoms with Crippen LogP contribution in [0.3, 0.4) is 0 Å². The summed E-state index contributed by atoms with van der Waals surface area (Å²) in [6, 6.07) is 14.4. The van der Waals surface area contributed by atoms with Crippen LogP contribution in [0, 0.1) is 0 Å². The summed E-state index contributed by atoms with van der Waals surface area (Å²) in [5, 5.41) is 3.45. The van der Waals surface area contributed by atoms with Crippen LogP contribution in [-0.4, -0.2) is 28.3 Å². The monoisotopic (exact) mass is 300 g/mol. The minimum Gasteiger partial charge on any atom is -0.497 e. The maximum Gasteiger partial charge on any atom is 0.142 e. The number of nitrogens with one attached hydrogen (secondary N) is 1. The number of benzene rings is 2. The standard InChI is InChI=1S/C18H24N2O2/c1-20(2)17-10-7-15(11-18(17)22-4)13-19-12-14-5-8-16(21-3)9-6-14/h5-11,19H,12-13H2,1-4H3. The summed E-state index contributed by atoms with van der Waals surface area (Å²) in [6.07, 6.45) is 0. The molecule has 4 nitrogen and oxygen atoms in total. The number of hydrogen-bond acceptors (Lipinski definition) is 4. The molecule has 0 bridgehead atoms. The molecule has 4 heteroatoms. The first-order chi connectivity index (χ1) is 10.6. The van der Waals surface area contributed by atoms with Crippen molar-refractivity contribution in [3.63, 3.8) is 0 Å². The Kier molecular flexibility index (Phi) is 5.67. The summed E-state index contributed by atoms with van der Waals surface area (Å²) in [4.78, 5) is 2.05. The highest BCUT2D eigenvalue weighted by Gasteiger charge is 2.06. The molecule has 2 aromatic rings. The average Bonchev–Trinajstić information content (AvgIpc) is 2.55. The van der Waals surface area contributed by atoms with Crippen molar-refractivity contribution in [3.05, 3.63) is 53.6 Å². The highest BCUT2D eigenvalue weighted by Crippen LogP contribution is 2.27. The van der Waals surface area contributed by atoms with Gasteiger partial charge in [0.25, 0.3) is 0 Å². The molecule has 0 saturated carbocycles. The molecule has 0 radical (unpaired) electrons. The molecular formula is C18H24N2O2. The van der Waals surface area contributed by atoms with Crippen LogP contribution >= 0.6 is 0 Å². The summed E-state index contributed by atoms with van der Waals surface area (Å²) in [5.41, 5.74) is 3.52. The molecule has 0 aliphatic rings. The molecule has 0 fully saturated rings. The van der Waals surface area contributed by atoms with Crippen molar-refractivity contribution in [2.75, 3.05) is 33.2 Å². The number of hydrogen-bond donors (Lipinski definition) is 1. The highest BCUT2D eigenvalue weighted by atomic mass is 16.5. The van der Waals surface area contributed by atoms with Crippen molar-refractivity contribution < 1.29 is 9.47 Å². The van der Waals surface area contributed by atoms with Crippen LogP contribution in [0.1, 0.15) is 11.1 Å². The predicted molar refractivity (Wildman–Crippen MR) is 90.9 cm³/mol. The molecule has 0 aliphatic carbocycles. The minimum atomic E-state index is 0.802. The summed E-state index contributed by atoms with van der Waals surface area (Å²) in [6.45, 7) is 1.62. The van der Waals surface area contributed by atoms with Crippen molar-refractivity contribution in [2.24, 2.45) is 0 Å². The number of methoxy groups -OCH3 is 2. The predicted octanol–water partition coefficient (Wildman–Crippen LogP) is 3.06. The fourth-order valence-corrected chi connectivity index (χ4v) is 2.30. The van der Waals surface area contributed by atoms with Crippen LogP contribution in [0.2, 0.25) is 0 Å². The Morgan fingerprint density at radius 2 is 1.50 bits per heavy atom. The number of anilines is 1. The van der Waals surface area contributed by atoms with Gasteiger partial charge in [-0.25, -0.2) is 0 Å². The Bertz CT molecular complexity index is 595. The molecule has 2 aromatic carbocycles. The lowest BCUT2D eigenvalue weighted by molar-refractivity contribution is 0.414. The van der Waals surface area contributed by atoms with Gasteiger partial charge < -0.3 is 19.7 Å². The normalized spacial score (nSPS) is 10.4. The molecule has 2 rings (SSSR count). The van der Waals surface area contributed by atoms with Gasteiger partial charge in [-0.2, -0.15) is 0 Å². The van der Waals surface area contributed by atoms with E-state index < -0.39 is 0 Å². The quantitative estimate of drug-likeness (QED) is 0.852. The van der Waals surface area contributed by atoms with E-state index in [-0.39, 0.29) is 0 Å². The summed E-state index contributed by atoms with van der Waals surface area (Å²) in [5.74, 6) is 1.78. The lowest BCUT2D eigenvalue weighted by atomic mass is 10.1. The van der Waals surface area contributed by atoms with E-state index in [0.717, 1.165) is 30.3 Å². The van der Waals surface area contributed by atoms with Crippen LogP contribution in [-0.2, 0) is 13.1 Å². The van der Waals surface area contributed by atoms with Gasteiger partial charge in [0.15, 0.2) is 0 Å². The molecule has 0 atom stereocenters. The second kappa shape index (κ2) is 7.71. The smallest absolute Gasteiger partial charge is 0.142 e. The van der Waals surface area contributed by atoms with E-state index in [1.807, 2.05) is 31.1 Å². The molecule has 0 aliphatic heterocycles. The topological polar surface area (TPSA) is 33.7 Å². The molecule has 0 amide bonds. The van der Waals surface area contributed by atoms with Gasteiger partial charge in [-0.15, -0.1) is 0 Å². The van der Waals surface area contributed by atoms with E-state index in [9.17, 15) is 0 Å². The van der Waals surface area contributed by atoms with Gasteiger partial charge in [0, 0.05) is 27.2 Å². The Morgan fingerprint density at radius 3 is 2.09 bits per heavy atom. The molecule has 118 valence electrons. The van der Waals surface area contributed by atoms with Gasteiger partial charge in [-0.3, -0.25) is 0 Å². The van der Waals surface area contributed by atoms with E-state index >= 15 is 0 Å². The first-order valence-electron chi connectivity index (χ1n) is 7.32. The van der Waals surface area contributed by atoms with Gasteiger partial charge in [-0.05, 0) is 35.4 Å². The Labute approximate surface area is 132 Å². The summed E-state index contributed by atoms with van der Waals surface area (Å²) < 4.78 is 10.6. The van der Waals surface area contributed by atoms with Crippen molar-refractivity contribution in [2.45, 2.75) is 13.1 Å². The minimum absolute atomic E-state index is 0.802. The van der Waals surface area contributed by atoms with Crippen LogP contribution in [0.15, 0.2) is 42.5 Å².